The summed E-state index contributed by atoms with van der Waals surface area (Å²) >= 11 is 6.13. The first-order valence-corrected chi connectivity index (χ1v) is 7.54. The summed E-state index contributed by atoms with van der Waals surface area (Å²) in [6, 6.07) is 5.27. The zero-order valence-corrected chi connectivity index (χ0v) is 13.5. The third-order valence-corrected chi connectivity index (χ3v) is 3.89. The van der Waals surface area contributed by atoms with E-state index in [1.165, 1.54) is 7.11 Å². The second-order valence-electron chi connectivity index (χ2n) is 5.21. The molecule has 0 bridgehead atoms. The largest absolute Gasteiger partial charge is 0.453 e. The van der Waals surface area contributed by atoms with E-state index in [-0.39, 0.29) is 12.1 Å². The normalized spacial score (nSPS) is 15.2. The van der Waals surface area contributed by atoms with Gasteiger partial charge in [0.2, 0.25) is 0 Å². The van der Waals surface area contributed by atoms with Gasteiger partial charge in [-0.15, -0.1) is 0 Å². The summed E-state index contributed by atoms with van der Waals surface area (Å²) in [4.78, 5) is 27.1. The molecule has 1 fully saturated rings. The molecule has 0 saturated carbocycles. The summed E-state index contributed by atoms with van der Waals surface area (Å²) in [5.74, 6) is 0. The fourth-order valence-corrected chi connectivity index (χ4v) is 2.63. The number of methoxy groups -OCH3 is 1. The number of hydrogen-bond acceptors (Lipinski definition) is 3. The third-order valence-electron chi connectivity index (χ3n) is 3.58. The number of amides is 3. The lowest BCUT2D eigenvalue weighted by Gasteiger charge is -2.22. The van der Waals surface area contributed by atoms with Crippen molar-refractivity contribution < 1.29 is 14.3 Å². The Morgan fingerprint density at radius 1 is 1.18 bits per heavy atom. The number of carbonyl (C=O) groups is 2. The molecule has 3 amide bonds. The molecule has 2 rings (SSSR count). The zero-order chi connectivity index (χ0) is 16.1. The highest BCUT2D eigenvalue weighted by molar-refractivity contribution is 6.33. The van der Waals surface area contributed by atoms with E-state index < -0.39 is 0 Å². The molecule has 120 valence electrons. The van der Waals surface area contributed by atoms with E-state index in [4.69, 9.17) is 16.3 Å². The monoisotopic (exact) mass is 325 g/mol. The smallest absolute Gasteiger partial charge is 0.409 e. The molecule has 1 heterocycles. The molecule has 6 nitrogen and oxygen atoms in total. The van der Waals surface area contributed by atoms with Crippen molar-refractivity contribution in [2.24, 2.45) is 0 Å². The van der Waals surface area contributed by atoms with Gasteiger partial charge in [0.15, 0.2) is 0 Å². The number of rotatable bonds is 1. The molecule has 1 N–H and O–H groups in total. The van der Waals surface area contributed by atoms with Crippen LogP contribution in [0.1, 0.15) is 12.0 Å². The van der Waals surface area contributed by atoms with Crippen molar-refractivity contribution in [3.05, 3.63) is 28.8 Å². The lowest BCUT2D eigenvalue weighted by Crippen LogP contribution is -2.39. The lowest BCUT2D eigenvalue weighted by atomic mass is 10.2. The van der Waals surface area contributed by atoms with Crippen molar-refractivity contribution in [1.29, 1.82) is 0 Å². The Morgan fingerprint density at radius 2 is 1.86 bits per heavy atom. The molecule has 0 aromatic heterocycles. The SMILES string of the molecule is COC(=O)N1CCCN(C(=O)Nc2ccc(C)cc2Cl)CC1. The molecule has 1 aromatic rings. The Balaban J connectivity index is 1.96. The molecular formula is C15H20ClN3O3. The number of urea groups is 1. The fraction of sp³-hybridized carbons (Fsp3) is 0.467. The van der Waals surface area contributed by atoms with E-state index in [1.54, 1.807) is 21.9 Å². The number of anilines is 1. The minimum Gasteiger partial charge on any atom is -0.453 e. The van der Waals surface area contributed by atoms with Gasteiger partial charge in [-0.2, -0.15) is 0 Å². The van der Waals surface area contributed by atoms with Crippen LogP contribution in [0, 0.1) is 6.92 Å². The van der Waals surface area contributed by atoms with Crippen molar-refractivity contribution in [2.45, 2.75) is 13.3 Å². The number of nitrogens with zero attached hydrogens (tertiary/aromatic N) is 2. The molecule has 1 saturated heterocycles. The summed E-state index contributed by atoms with van der Waals surface area (Å²) < 4.78 is 4.71. The Kier molecular flexibility index (Phi) is 5.49. The maximum atomic E-state index is 12.3. The minimum absolute atomic E-state index is 0.211. The molecule has 1 aliphatic rings. The van der Waals surface area contributed by atoms with E-state index in [9.17, 15) is 9.59 Å². The summed E-state index contributed by atoms with van der Waals surface area (Å²) in [7, 11) is 1.36. The average Bonchev–Trinajstić information content (AvgIpc) is 2.75. The van der Waals surface area contributed by atoms with Gasteiger partial charge in [-0.1, -0.05) is 17.7 Å². The second-order valence-corrected chi connectivity index (χ2v) is 5.62. The van der Waals surface area contributed by atoms with Gasteiger partial charge in [0.05, 0.1) is 17.8 Å². The number of benzene rings is 1. The highest BCUT2D eigenvalue weighted by atomic mass is 35.5. The topological polar surface area (TPSA) is 61.9 Å². The van der Waals surface area contributed by atoms with Crippen LogP contribution in [0.3, 0.4) is 0 Å². The molecule has 0 atom stereocenters. The summed E-state index contributed by atoms with van der Waals surface area (Å²) in [5, 5.41) is 3.33. The summed E-state index contributed by atoms with van der Waals surface area (Å²) in [5.41, 5.74) is 1.62. The Bertz CT molecular complexity index is 565. The number of aryl methyl sites for hydroxylation is 1. The number of halogens is 1. The van der Waals surface area contributed by atoms with Crippen molar-refractivity contribution in [1.82, 2.24) is 9.80 Å². The Hall–Kier alpha value is -1.95. The number of carbonyl (C=O) groups excluding carboxylic acids is 2. The van der Waals surface area contributed by atoms with Crippen LogP contribution >= 0.6 is 11.6 Å². The van der Waals surface area contributed by atoms with Gasteiger partial charge in [0, 0.05) is 26.2 Å². The molecule has 0 aliphatic carbocycles. The maximum absolute atomic E-state index is 12.3. The van der Waals surface area contributed by atoms with Crippen molar-refractivity contribution in [2.75, 3.05) is 38.6 Å². The van der Waals surface area contributed by atoms with E-state index >= 15 is 0 Å². The van der Waals surface area contributed by atoms with Crippen molar-refractivity contribution in [3.8, 4) is 0 Å². The predicted octanol–water partition coefficient (Wildman–Crippen LogP) is 2.95. The number of nitrogens with one attached hydrogen (secondary N) is 1. The van der Waals surface area contributed by atoms with Gasteiger partial charge >= 0.3 is 12.1 Å². The van der Waals surface area contributed by atoms with Gasteiger partial charge < -0.3 is 19.9 Å². The molecule has 1 aromatic carbocycles. The predicted molar refractivity (Wildman–Crippen MR) is 85.4 cm³/mol. The Morgan fingerprint density at radius 3 is 2.55 bits per heavy atom. The molecule has 0 spiro atoms. The molecule has 22 heavy (non-hydrogen) atoms. The van der Waals surface area contributed by atoms with Crippen LogP contribution < -0.4 is 5.32 Å². The highest BCUT2D eigenvalue weighted by Gasteiger charge is 2.22. The van der Waals surface area contributed by atoms with Gasteiger partial charge in [-0.3, -0.25) is 0 Å². The van der Waals surface area contributed by atoms with Crippen LogP contribution in [0.5, 0.6) is 0 Å². The summed E-state index contributed by atoms with van der Waals surface area (Å²) in [6.07, 6.45) is 0.355. The quantitative estimate of drug-likeness (QED) is 0.863. The zero-order valence-electron chi connectivity index (χ0n) is 12.8. The fourth-order valence-electron chi connectivity index (χ4n) is 2.35. The van der Waals surface area contributed by atoms with E-state index in [1.807, 2.05) is 13.0 Å². The molecule has 1 aliphatic heterocycles. The maximum Gasteiger partial charge on any atom is 0.409 e. The standard InChI is InChI=1S/C15H20ClN3O3/c1-11-4-5-13(12(16)10-11)17-14(20)18-6-3-7-19(9-8-18)15(21)22-2/h4-5,10H,3,6-9H2,1-2H3,(H,17,20). The second kappa shape index (κ2) is 7.35. The van der Waals surface area contributed by atoms with Gasteiger partial charge in [0.1, 0.15) is 0 Å². The van der Waals surface area contributed by atoms with E-state index in [0.717, 1.165) is 5.56 Å². The molecule has 0 radical (unpaired) electrons. The van der Waals surface area contributed by atoms with Gasteiger partial charge in [-0.05, 0) is 31.0 Å². The van der Waals surface area contributed by atoms with Gasteiger partial charge in [0.25, 0.3) is 0 Å². The van der Waals surface area contributed by atoms with Crippen LogP contribution in [-0.4, -0.2) is 55.2 Å². The Labute approximate surface area is 135 Å². The highest BCUT2D eigenvalue weighted by Crippen LogP contribution is 2.23. The van der Waals surface area contributed by atoms with Crippen LogP contribution in [-0.2, 0) is 4.74 Å². The average molecular weight is 326 g/mol. The van der Waals surface area contributed by atoms with Crippen LogP contribution in [0.15, 0.2) is 18.2 Å². The van der Waals surface area contributed by atoms with Crippen LogP contribution in [0.2, 0.25) is 5.02 Å². The van der Waals surface area contributed by atoms with E-state index in [2.05, 4.69) is 5.32 Å². The number of hydrogen-bond donors (Lipinski definition) is 1. The first-order valence-electron chi connectivity index (χ1n) is 7.16. The molecular weight excluding hydrogens is 306 g/mol. The minimum atomic E-state index is -0.358. The summed E-state index contributed by atoms with van der Waals surface area (Å²) in [6.45, 7) is 4.03. The number of ether oxygens (including phenoxy) is 1. The van der Waals surface area contributed by atoms with Crippen molar-refractivity contribution in [3.63, 3.8) is 0 Å². The van der Waals surface area contributed by atoms with Crippen LogP contribution in [0.25, 0.3) is 0 Å². The van der Waals surface area contributed by atoms with E-state index in [0.29, 0.717) is 43.3 Å². The molecule has 0 unspecified atom stereocenters. The third kappa shape index (κ3) is 4.04. The molecule has 7 heteroatoms. The first kappa shape index (κ1) is 16.4. The lowest BCUT2D eigenvalue weighted by molar-refractivity contribution is 0.125. The van der Waals surface area contributed by atoms with Crippen LogP contribution in [0.4, 0.5) is 15.3 Å². The van der Waals surface area contributed by atoms with Crippen molar-refractivity contribution >= 4 is 29.4 Å². The van der Waals surface area contributed by atoms with Gasteiger partial charge in [-0.25, -0.2) is 9.59 Å². The first-order chi connectivity index (χ1) is 10.5.